The zero-order valence-corrected chi connectivity index (χ0v) is 11.2. The number of hydrogen-bond acceptors (Lipinski definition) is 2. The topological polar surface area (TPSA) is 34.1 Å². The molecule has 1 aromatic rings. The summed E-state index contributed by atoms with van der Waals surface area (Å²) in [4.78, 5) is 24.5. The van der Waals surface area contributed by atoms with Crippen molar-refractivity contribution in [3.8, 4) is 0 Å². The first-order valence-corrected chi connectivity index (χ1v) is 6.84. The Bertz CT molecular complexity index is 558. The Morgan fingerprint density at radius 2 is 1.89 bits per heavy atom. The molecule has 0 aliphatic heterocycles. The van der Waals surface area contributed by atoms with E-state index in [9.17, 15) is 9.59 Å². The Morgan fingerprint density at radius 3 is 2.58 bits per heavy atom. The molecule has 0 N–H and O–H groups in total. The molecular formula is C17H18O2. The molecule has 0 heterocycles. The summed E-state index contributed by atoms with van der Waals surface area (Å²) < 4.78 is 0. The molecule has 0 radical (unpaired) electrons. The van der Waals surface area contributed by atoms with Gasteiger partial charge in [-0.1, -0.05) is 42.5 Å². The molecule has 2 bridgehead atoms. The van der Waals surface area contributed by atoms with E-state index in [1.54, 1.807) is 0 Å². The predicted molar refractivity (Wildman–Crippen MR) is 73.8 cm³/mol. The van der Waals surface area contributed by atoms with Gasteiger partial charge in [-0.15, -0.1) is 0 Å². The molecule has 0 unspecified atom stereocenters. The van der Waals surface area contributed by atoms with E-state index in [4.69, 9.17) is 0 Å². The number of rotatable bonds is 1. The van der Waals surface area contributed by atoms with Gasteiger partial charge in [0.05, 0.1) is 0 Å². The van der Waals surface area contributed by atoms with Crippen LogP contribution in [0.5, 0.6) is 0 Å². The Hall–Kier alpha value is -1.70. The standard InChI is InChI=1S/C17H18O2/c1-11-15(12-6-4-3-5-7-12)14-10-13(18)8-9-17(11,2)16(14)19/h3-7,14-15H,1,8-10H2,2H3/t14-,15+,17+/m0/s1. The van der Waals surface area contributed by atoms with E-state index < -0.39 is 5.41 Å². The average Bonchev–Trinajstić information content (AvgIpc) is 2.52. The number of ketones is 2. The largest absolute Gasteiger partial charge is 0.300 e. The normalized spacial score (nSPS) is 34.5. The van der Waals surface area contributed by atoms with Crippen LogP contribution in [0.4, 0.5) is 0 Å². The van der Waals surface area contributed by atoms with Crippen LogP contribution >= 0.6 is 0 Å². The Labute approximate surface area is 113 Å². The molecule has 98 valence electrons. The van der Waals surface area contributed by atoms with Crippen LogP contribution in [0.2, 0.25) is 0 Å². The molecule has 3 atom stereocenters. The molecule has 2 saturated carbocycles. The first kappa shape index (κ1) is 12.3. The van der Waals surface area contributed by atoms with Crippen molar-refractivity contribution in [3.05, 3.63) is 48.0 Å². The lowest BCUT2D eigenvalue weighted by molar-refractivity contribution is -0.128. The van der Waals surface area contributed by atoms with E-state index in [1.807, 2.05) is 37.3 Å². The van der Waals surface area contributed by atoms with Crippen LogP contribution in [-0.2, 0) is 9.59 Å². The highest BCUT2D eigenvalue weighted by Crippen LogP contribution is 2.56. The third-order valence-corrected chi connectivity index (χ3v) is 4.88. The van der Waals surface area contributed by atoms with Gasteiger partial charge in [0.1, 0.15) is 11.6 Å². The number of Topliss-reactive ketones (excluding diaryl/α,β-unsaturated/α-hetero) is 2. The molecule has 3 rings (SSSR count). The number of carbonyl (C=O) groups is 2. The van der Waals surface area contributed by atoms with Gasteiger partial charge in [-0.05, 0) is 18.9 Å². The van der Waals surface area contributed by atoms with E-state index in [0.29, 0.717) is 19.3 Å². The quantitative estimate of drug-likeness (QED) is 0.721. The van der Waals surface area contributed by atoms with Crippen LogP contribution in [-0.4, -0.2) is 11.6 Å². The highest BCUT2D eigenvalue weighted by atomic mass is 16.1. The van der Waals surface area contributed by atoms with Crippen LogP contribution in [0, 0.1) is 11.3 Å². The van der Waals surface area contributed by atoms with E-state index in [2.05, 4.69) is 6.58 Å². The van der Waals surface area contributed by atoms with E-state index in [-0.39, 0.29) is 23.4 Å². The fraction of sp³-hybridized carbons (Fsp3) is 0.412. The molecule has 1 aromatic carbocycles. The van der Waals surface area contributed by atoms with E-state index in [0.717, 1.165) is 11.1 Å². The third kappa shape index (κ3) is 1.70. The lowest BCUT2D eigenvalue weighted by atomic mass is 9.76. The summed E-state index contributed by atoms with van der Waals surface area (Å²) in [6.07, 6.45) is 1.52. The molecule has 0 saturated heterocycles. The second kappa shape index (κ2) is 4.16. The molecule has 0 spiro atoms. The summed E-state index contributed by atoms with van der Waals surface area (Å²) in [7, 11) is 0. The maximum atomic E-state index is 12.7. The summed E-state index contributed by atoms with van der Waals surface area (Å²) in [5.41, 5.74) is 1.61. The predicted octanol–water partition coefficient (Wildman–Crippen LogP) is 3.28. The van der Waals surface area contributed by atoms with Crippen molar-refractivity contribution < 1.29 is 9.59 Å². The van der Waals surface area contributed by atoms with Gasteiger partial charge < -0.3 is 0 Å². The van der Waals surface area contributed by atoms with Crippen molar-refractivity contribution in [3.63, 3.8) is 0 Å². The minimum Gasteiger partial charge on any atom is -0.300 e. The van der Waals surface area contributed by atoms with Gasteiger partial charge in [-0.3, -0.25) is 9.59 Å². The zero-order chi connectivity index (χ0) is 13.6. The van der Waals surface area contributed by atoms with Gasteiger partial charge in [-0.2, -0.15) is 0 Å². The highest BCUT2D eigenvalue weighted by Gasteiger charge is 2.55. The number of fused-ring (bicyclic) bond motifs is 2. The fourth-order valence-corrected chi connectivity index (χ4v) is 3.63. The molecule has 0 amide bonds. The molecule has 0 aromatic heterocycles. The first-order valence-electron chi connectivity index (χ1n) is 6.84. The lowest BCUT2D eigenvalue weighted by Crippen LogP contribution is -2.24. The summed E-state index contributed by atoms with van der Waals surface area (Å²) in [6, 6.07) is 10.00. The van der Waals surface area contributed by atoms with Crippen LogP contribution < -0.4 is 0 Å². The second-order valence-electron chi connectivity index (χ2n) is 5.96. The summed E-state index contributed by atoms with van der Waals surface area (Å²) in [5, 5.41) is 0. The van der Waals surface area contributed by atoms with Crippen molar-refractivity contribution in [2.24, 2.45) is 11.3 Å². The number of carbonyl (C=O) groups excluding carboxylic acids is 2. The number of allylic oxidation sites excluding steroid dienone is 1. The van der Waals surface area contributed by atoms with E-state index in [1.165, 1.54) is 0 Å². The fourth-order valence-electron chi connectivity index (χ4n) is 3.63. The average molecular weight is 254 g/mol. The van der Waals surface area contributed by atoms with Gasteiger partial charge >= 0.3 is 0 Å². The van der Waals surface area contributed by atoms with Gasteiger partial charge in [-0.25, -0.2) is 0 Å². The van der Waals surface area contributed by atoms with Gasteiger partial charge in [0.2, 0.25) is 0 Å². The Balaban J connectivity index is 2.09. The molecule has 19 heavy (non-hydrogen) atoms. The van der Waals surface area contributed by atoms with E-state index >= 15 is 0 Å². The van der Waals surface area contributed by atoms with Gasteiger partial charge in [0.25, 0.3) is 0 Å². The molecule has 2 fully saturated rings. The minimum atomic E-state index is -0.503. The third-order valence-electron chi connectivity index (χ3n) is 4.88. The molecule has 2 aliphatic carbocycles. The highest BCUT2D eigenvalue weighted by molar-refractivity contribution is 5.99. The first-order chi connectivity index (χ1) is 9.04. The zero-order valence-electron chi connectivity index (χ0n) is 11.2. The Morgan fingerprint density at radius 1 is 1.21 bits per heavy atom. The van der Waals surface area contributed by atoms with Gasteiger partial charge in [0.15, 0.2) is 0 Å². The maximum Gasteiger partial charge on any atom is 0.147 e. The minimum absolute atomic E-state index is 0.0166. The number of benzene rings is 1. The van der Waals surface area contributed by atoms with Crippen LogP contribution in [0.15, 0.2) is 42.5 Å². The van der Waals surface area contributed by atoms with Crippen molar-refractivity contribution >= 4 is 11.6 Å². The van der Waals surface area contributed by atoms with Crippen LogP contribution in [0.25, 0.3) is 0 Å². The second-order valence-corrected chi connectivity index (χ2v) is 5.96. The molecular weight excluding hydrogens is 236 g/mol. The summed E-state index contributed by atoms with van der Waals surface area (Å²) in [5.74, 6) is 0.255. The van der Waals surface area contributed by atoms with Crippen LogP contribution in [0.3, 0.4) is 0 Å². The van der Waals surface area contributed by atoms with Crippen molar-refractivity contribution in [1.29, 1.82) is 0 Å². The molecule has 2 nitrogen and oxygen atoms in total. The summed E-state index contributed by atoms with van der Waals surface area (Å²) >= 11 is 0. The van der Waals surface area contributed by atoms with Crippen LogP contribution in [0.1, 0.15) is 37.7 Å². The molecule has 2 aliphatic rings. The Kier molecular flexibility index (Phi) is 2.70. The van der Waals surface area contributed by atoms with Crippen molar-refractivity contribution in [2.45, 2.75) is 32.1 Å². The lowest BCUT2D eigenvalue weighted by Gasteiger charge is -2.26. The molecule has 2 heteroatoms. The summed E-state index contributed by atoms with van der Waals surface area (Å²) in [6.45, 7) is 6.18. The maximum absolute atomic E-state index is 12.7. The van der Waals surface area contributed by atoms with Crippen molar-refractivity contribution in [2.75, 3.05) is 0 Å². The smallest absolute Gasteiger partial charge is 0.147 e. The van der Waals surface area contributed by atoms with Gasteiger partial charge in [0, 0.05) is 30.1 Å². The number of hydrogen-bond donors (Lipinski definition) is 0. The van der Waals surface area contributed by atoms with Crippen molar-refractivity contribution in [1.82, 2.24) is 0 Å². The SMILES string of the molecule is C=C1[C@H](c2ccccc2)[C@@H]2CC(=O)CC[C@@]1(C)C2=O. The monoisotopic (exact) mass is 254 g/mol.